The first kappa shape index (κ1) is 16.2. The van der Waals surface area contributed by atoms with E-state index in [-0.39, 0.29) is 22.9 Å². The Morgan fingerprint density at radius 3 is 2.52 bits per heavy atom. The van der Waals surface area contributed by atoms with Crippen LogP contribution in [0.5, 0.6) is 0 Å². The SMILES string of the molecule is CC(C)(C)S(=O)N[C@@H](Cc1ccccc1)[C@H]1CCC(=O)O1. The lowest BCUT2D eigenvalue weighted by atomic mass is 10.0. The third kappa shape index (κ3) is 4.64. The molecule has 116 valence electrons. The average molecular weight is 309 g/mol. The minimum absolute atomic E-state index is 0.126. The van der Waals surface area contributed by atoms with Crippen LogP contribution in [-0.4, -0.2) is 27.1 Å². The summed E-state index contributed by atoms with van der Waals surface area (Å²) in [6, 6.07) is 9.87. The molecule has 0 aliphatic carbocycles. The van der Waals surface area contributed by atoms with Crippen molar-refractivity contribution >= 4 is 17.0 Å². The summed E-state index contributed by atoms with van der Waals surface area (Å²) < 4.78 is 20.5. The van der Waals surface area contributed by atoms with Crippen molar-refractivity contribution in [3.63, 3.8) is 0 Å². The molecule has 0 radical (unpaired) electrons. The summed E-state index contributed by atoms with van der Waals surface area (Å²) in [5.41, 5.74) is 1.14. The van der Waals surface area contributed by atoms with Gasteiger partial charge in [0.2, 0.25) is 0 Å². The van der Waals surface area contributed by atoms with Gasteiger partial charge in [-0.25, -0.2) is 8.93 Å². The molecule has 1 aliphatic rings. The number of nitrogens with one attached hydrogen (secondary N) is 1. The summed E-state index contributed by atoms with van der Waals surface area (Å²) in [6.07, 6.45) is 1.62. The first-order valence-corrected chi connectivity index (χ1v) is 8.42. The molecule has 0 spiro atoms. The van der Waals surface area contributed by atoms with E-state index in [9.17, 15) is 9.00 Å². The summed E-state index contributed by atoms with van der Waals surface area (Å²) in [4.78, 5) is 11.4. The number of hydrogen-bond acceptors (Lipinski definition) is 3. The number of carbonyl (C=O) groups excluding carboxylic acids is 1. The molecule has 21 heavy (non-hydrogen) atoms. The summed E-state index contributed by atoms with van der Waals surface area (Å²) in [5.74, 6) is -0.165. The second-order valence-corrected chi connectivity index (χ2v) is 8.36. The van der Waals surface area contributed by atoms with Gasteiger partial charge < -0.3 is 4.74 Å². The fraction of sp³-hybridized carbons (Fsp3) is 0.562. The molecule has 1 saturated heterocycles. The molecule has 3 atom stereocenters. The molecular weight excluding hydrogens is 286 g/mol. The van der Waals surface area contributed by atoms with Gasteiger partial charge in [0.1, 0.15) is 6.10 Å². The Balaban J connectivity index is 2.10. The molecule has 1 aromatic rings. The summed E-state index contributed by atoms with van der Waals surface area (Å²) in [6.45, 7) is 5.78. The number of rotatable bonds is 5. The fourth-order valence-corrected chi connectivity index (χ4v) is 3.13. The van der Waals surface area contributed by atoms with Crippen LogP contribution in [0.25, 0.3) is 0 Å². The van der Waals surface area contributed by atoms with Crippen molar-refractivity contribution in [2.45, 2.75) is 56.9 Å². The molecule has 1 aliphatic heterocycles. The van der Waals surface area contributed by atoms with Gasteiger partial charge in [0.15, 0.2) is 0 Å². The lowest BCUT2D eigenvalue weighted by Gasteiger charge is -2.27. The van der Waals surface area contributed by atoms with E-state index >= 15 is 0 Å². The number of esters is 1. The van der Waals surface area contributed by atoms with Crippen molar-refractivity contribution in [2.24, 2.45) is 0 Å². The zero-order valence-corrected chi connectivity index (χ0v) is 13.6. The van der Waals surface area contributed by atoms with Crippen LogP contribution in [0.15, 0.2) is 30.3 Å². The Morgan fingerprint density at radius 1 is 1.33 bits per heavy atom. The Labute approximate surface area is 128 Å². The highest BCUT2D eigenvalue weighted by Crippen LogP contribution is 2.21. The molecule has 0 saturated carbocycles. The minimum Gasteiger partial charge on any atom is -0.461 e. The first-order chi connectivity index (χ1) is 9.86. The van der Waals surface area contributed by atoms with Crippen LogP contribution in [0.2, 0.25) is 0 Å². The highest BCUT2D eigenvalue weighted by molar-refractivity contribution is 7.84. The van der Waals surface area contributed by atoms with Crippen LogP contribution in [0, 0.1) is 0 Å². The van der Waals surface area contributed by atoms with Crippen molar-refractivity contribution in [1.82, 2.24) is 4.72 Å². The van der Waals surface area contributed by atoms with Crippen LogP contribution in [-0.2, 0) is 26.9 Å². The molecular formula is C16H23NO3S. The number of benzene rings is 1. The summed E-state index contributed by atoms with van der Waals surface area (Å²) in [5, 5.41) is 0. The van der Waals surface area contributed by atoms with E-state index < -0.39 is 11.0 Å². The van der Waals surface area contributed by atoms with E-state index in [4.69, 9.17) is 4.74 Å². The molecule has 1 heterocycles. The topological polar surface area (TPSA) is 55.4 Å². The average Bonchev–Trinajstić information content (AvgIpc) is 2.84. The Bertz CT molecular complexity index is 510. The zero-order chi connectivity index (χ0) is 15.5. The van der Waals surface area contributed by atoms with Crippen molar-refractivity contribution in [1.29, 1.82) is 0 Å². The number of cyclic esters (lactones) is 1. The Morgan fingerprint density at radius 2 is 2.00 bits per heavy atom. The predicted octanol–water partition coefficient (Wildman–Crippen LogP) is 2.36. The van der Waals surface area contributed by atoms with Crippen LogP contribution in [0.1, 0.15) is 39.2 Å². The molecule has 0 amide bonds. The maximum atomic E-state index is 12.4. The number of carbonyl (C=O) groups is 1. The maximum Gasteiger partial charge on any atom is 0.306 e. The lowest BCUT2D eigenvalue weighted by molar-refractivity contribution is -0.142. The summed E-state index contributed by atoms with van der Waals surface area (Å²) >= 11 is 0. The van der Waals surface area contributed by atoms with Crippen molar-refractivity contribution in [2.75, 3.05) is 0 Å². The van der Waals surface area contributed by atoms with Crippen molar-refractivity contribution in [3.8, 4) is 0 Å². The van der Waals surface area contributed by atoms with Gasteiger partial charge in [0.25, 0.3) is 0 Å². The van der Waals surface area contributed by atoms with Gasteiger partial charge in [-0.1, -0.05) is 30.3 Å². The maximum absolute atomic E-state index is 12.4. The van der Waals surface area contributed by atoms with Crippen molar-refractivity contribution in [3.05, 3.63) is 35.9 Å². The molecule has 1 fully saturated rings. The van der Waals surface area contributed by atoms with Gasteiger partial charge in [-0.3, -0.25) is 4.79 Å². The predicted molar refractivity (Wildman–Crippen MR) is 84.1 cm³/mol. The minimum atomic E-state index is -1.19. The molecule has 5 heteroatoms. The first-order valence-electron chi connectivity index (χ1n) is 7.28. The van der Waals surface area contributed by atoms with Gasteiger partial charge in [-0.15, -0.1) is 0 Å². The summed E-state index contributed by atoms with van der Waals surface area (Å²) in [7, 11) is -1.19. The van der Waals surface area contributed by atoms with Crippen molar-refractivity contribution < 1.29 is 13.7 Å². The normalized spacial score (nSPS) is 21.9. The quantitative estimate of drug-likeness (QED) is 0.850. The third-order valence-corrected chi connectivity index (χ3v) is 5.11. The van der Waals surface area contributed by atoms with Gasteiger partial charge in [0.05, 0.1) is 21.8 Å². The van der Waals surface area contributed by atoms with E-state index in [1.807, 2.05) is 51.1 Å². The van der Waals surface area contributed by atoms with E-state index in [0.29, 0.717) is 19.3 Å². The Hall–Kier alpha value is -1.20. The van der Waals surface area contributed by atoms with E-state index in [2.05, 4.69) is 4.72 Å². The van der Waals surface area contributed by atoms with Crippen LogP contribution in [0.4, 0.5) is 0 Å². The van der Waals surface area contributed by atoms with Crippen LogP contribution in [0.3, 0.4) is 0 Å². The smallest absolute Gasteiger partial charge is 0.306 e. The Kier molecular flexibility index (Phi) is 5.17. The van der Waals surface area contributed by atoms with Gasteiger partial charge >= 0.3 is 5.97 Å². The van der Waals surface area contributed by atoms with Crippen LogP contribution >= 0.6 is 0 Å². The highest BCUT2D eigenvalue weighted by atomic mass is 32.2. The van der Waals surface area contributed by atoms with E-state index in [1.165, 1.54) is 0 Å². The molecule has 2 rings (SSSR count). The molecule has 0 aromatic heterocycles. The van der Waals surface area contributed by atoms with E-state index in [0.717, 1.165) is 5.56 Å². The second-order valence-electron chi connectivity index (χ2n) is 6.36. The number of ether oxygens (including phenoxy) is 1. The number of hydrogen-bond donors (Lipinski definition) is 1. The second kappa shape index (κ2) is 6.71. The standard InChI is InChI=1S/C16H23NO3S/c1-16(2,3)21(19)17-13(14-9-10-15(18)20-14)11-12-7-5-4-6-8-12/h4-8,13-14,17H,9-11H2,1-3H3/t13-,14+,21?/m0/s1. The molecule has 1 aromatic carbocycles. The molecule has 4 nitrogen and oxygen atoms in total. The highest BCUT2D eigenvalue weighted by Gasteiger charge is 2.34. The van der Waals surface area contributed by atoms with Crippen LogP contribution < -0.4 is 4.72 Å². The molecule has 1 N–H and O–H groups in total. The largest absolute Gasteiger partial charge is 0.461 e. The lowest BCUT2D eigenvalue weighted by Crippen LogP contribution is -2.47. The van der Waals surface area contributed by atoms with Gasteiger partial charge in [-0.2, -0.15) is 0 Å². The van der Waals surface area contributed by atoms with E-state index in [1.54, 1.807) is 0 Å². The van der Waals surface area contributed by atoms with Gasteiger partial charge in [-0.05, 0) is 39.2 Å². The zero-order valence-electron chi connectivity index (χ0n) is 12.8. The van der Waals surface area contributed by atoms with Gasteiger partial charge in [0, 0.05) is 6.42 Å². The molecule has 1 unspecified atom stereocenters. The third-order valence-electron chi connectivity index (χ3n) is 3.48. The molecule has 0 bridgehead atoms. The monoisotopic (exact) mass is 309 g/mol. The fourth-order valence-electron chi connectivity index (χ4n) is 2.26.